The van der Waals surface area contributed by atoms with Gasteiger partial charge in [-0.2, -0.15) is 0 Å². The van der Waals surface area contributed by atoms with E-state index in [0.717, 1.165) is 4.90 Å². The molecule has 0 radical (unpaired) electrons. The van der Waals surface area contributed by atoms with Crippen LogP contribution in [0.5, 0.6) is 0 Å². The molecule has 0 aliphatic carbocycles. The minimum Gasteiger partial charge on any atom is -0.480 e. The van der Waals surface area contributed by atoms with Crippen molar-refractivity contribution in [3.63, 3.8) is 0 Å². The van der Waals surface area contributed by atoms with Gasteiger partial charge >= 0.3 is 5.97 Å². The molecular formula is C11H11BrClNO3. The van der Waals surface area contributed by atoms with Gasteiger partial charge in [0.05, 0.1) is 5.56 Å². The minimum atomic E-state index is -1.06. The van der Waals surface area contributed by atoms with Crippen molar-refractivity contribution in [2.45, 2.75) is 13.0 Å². The molecule has 1 aromatic rings. The highest BCUT2D eigenvalue weighted by atomic mass is 79.9. The number of amides is 1. The molecule has 1 rings (SSSR count). The summed E-state index contributed by atoms with van der Waals surface area (Å²) < 4.78 is 0.580. The minimum absolute atomic E-state index is 0.341. The molecule has 0 bridgehead atoms. The van der Waals surface area contributed by atoms with E-state index in [-0.39, 0.29) is 0 Å². The average Bonchev–Trinajstić information content (AvgIpc) is 2.29. The molecule has 1 aromatic carbocycles. The van der Waals surface area contributed by atoms with Crippen molar-refractivity contribution in [1.82, 2.24) is 4.90 Å². The number of carbonyl (C=O) groups excluding carboxylic acids is 1. The van der Waals surface area contributed by atoms with E-state index in [1.54, 1.807) is 12.1 Å². The highest BCUT2D eigenvalue weighted by molar-refractivity contribution is 9.10. The summed E-state index contributed by atoms with van der Waals surface area (Å²) in [6.07, 6.45) is 0. The topological polar surface area (TPSA) is 57.6 Å². The van der Waals surface area contributed by atoms with Gasteiger partial charge in [0, 0.05) is 16.5 Å². The van der Waals surface area contributed by atoms with E-state index in [1.165, 1.54) is 20.0 Å². The van der Waals surface area contributed by atoms with Gasteiger partial charge in [0.25, 0.3) is 5.91 Å². The number of hydrogen-bond acceptors (Lipinski definition) is 2. The fraction of sp³-hybridized carbons (Fsp3) is 0.273. The Labute approximate surface area is 112 Å². The lowest BCUT2D eigenvalue weighted by Gasteiger charge is -2.22. The molecule has 6 heteroatoms. The fourth-order valence-electron chi connectivity index (χ4n) is 1.19. The summed E-state index contributed by atoms with van der Waals surface area (Å²) in [5, 5.41) is 9.26. The first-order valence-corrected chi connectivity index (χ1v) is 5.96. The van der Waals surface area contributed by atoms with E-state index in [0.29, 0.717) is 15.1 Å². The van der Waals surface area contributed by atoms with Crippen LogP contribution < -0.4 is 0 Å². The number of likely N-dealkylation sites (N-methyl/N-ethyl adjacent to an activating group) is 1. The number of carboxylic acids is 1. The number of carboxylic acid groups (broad SMARTS) is 1. The van der Waals surface area contributed by atoms with Crippen molar-refractivity contribution in [1.29, 1.82) is 0 Å². The standard InChI is InChI=1S/C11H11BrClNO3/c1-6(11(16)17)14(2)10(15)8-5-7(13)3-4-9(8)12/h3-6H,1-2H3,(H,16,17). The van der Waals surface area contributed by atoms with Crippen LogP contribution in [0.15, 0.2) is 22.7 Å². The van der Waals surface area contributed by atoms with E-state index >= 15 is 0 Å². The molecule has 0 heterocycles. The van der Waals surface area contributed by atoms with Crippen LogP contribution in [0.4, 0.5) is 0 Å². The zero-order valence-corrected chi connectivity index (χ0v) is 11.6. The maximum Gasteiger partial charge on any atom is 0.326 e. The van der Waals surface area contributed by atoms with Gasteiger partial charge in [-0.3, -0.25) is 4.79 Å². The van der Waals surface area contributed by atoms with Crippen molar-refractivity contribution >= 4 is 39.4 Å². The third kappa shape index (κ3) is 3.20. The Morgan fingerprint density at radius 1 is 1.47 bits per heavy atom. The summed E-state index contributed by atoms with van der Waals surface area (Å²) in [7, 11) is 1.44. The molecule has 0 aliphatic rings. The van der Waals surface area contributed by atoms with Crippen LogP contribution in [0.1, 0.15) is 17.3 Å². The van der Waals surface area contributed by atoms with E-state index in [2.05, 4.69) is 15.9 Å². The monoisotopic (exact) mass is 319 g/mol. The molecule has 17 heavy (non-hydrogen) atoms. The fourth-order valence-corrected chi connectivity index (χ4v) is 1.78. The Balaban J connectivity index is 3.04. The number of halogens is 2. The lowest BCUT2D eigenvalue weighted by Crippen LogP contribution is -2.40. The van der Waals surface area contributed by atoms with E-state index in [9.17, 15) is 9.59 Å². The highest BCUT2D eigenvalue weighted by Gasteiger charge is 2.24. The molecule has 1 amide bonds. The number of benzene rings is 1. The average molecular weight is 321 g/mol. The Morgan fingerprint density at radius 2 is 2.06 bits per heavy atom. The van der Waals surface area contributed by atoms with Crippen LogP contribution in [0.2, 0.25) is 5.02 Å². The van der Waals surface area contributed by atoms with Crippen LogP contribution in [-0.2, 0) is 4.79 Å². The van der Waals surface area contributed by atoms with Crippen LogP contribution >= 0.6 is 27.5 Å². The molecule has 1 atom stereocenters. The second-order valence-electron chi connectivity index (χ2n) is 3.55. The third-order valence-electron chi connectivity index (χ3n) is 2.42. The van der Waals surface area contributed by atoms with Crippen LogP contribution in [0.3, 0.4) is 0 Å². The van der Waals surface area contributed by atoms with Gasteiger partial charge in [-0.25, -0.2) is 4.79 Å². The summed E-state index contributed by atoms with van der Waals surface area (Å²) in [5.41, 5.74) is 0.341. The molecule has 0 aromatic heterocycles. The van der Waals surface area contributed by atoms with Gasteiger partial charge in [0.1, 0.15) is 6.04 Å². The SMILES string of the molecule is CC(C(=O)O)N(C)C(=O)c1cc(Cl)ccc1Br. The molecule has 0 aliphatic heterocycles. The van der Waals surface area contributed by atoms with Gasteiger partial charge in [0.15, 0.2) is 0 Å². The normalized spacial score (nSPS) is 12.0. The van der Waals surface area contributed by atoms with Crippen LogP contribution in [0, 0.1) is 0 Å². The first kappa shape index (κ1) is 14.0. The lowest BCUT2D eigenvalue weighted by molar-refractivity contribution is -0.141. The Bertz CT molecular complexity index is 464. The van der Waals surface area contributed by atoms with Gasteiger partial charge in [-0.15, -0.1) is 0 Å². The zero-order chi connectivity index (χ0) is 13.2. The molecule has 0 spiro atoms. The van der Waals surface area contributed by atoms with Gasteiger partial charge in [-0.05, 0) is 41.1 Å². The van der Waals surface area contributed by atoms with Crippen molar-refractivity contribution in [2.24, 2.45) is 0 Å². The number of aliphatic carboxylic acids is 1. The zero-order valence-electron chi connectivity index (χ0n) is 9.28. The molecule has 92 valence electrons. The summed E-state index contributed by atoms with van der Waals surface area (Å²) in [5.74, 6) is -1.45. The predicted molar refractivity (Wildman–Crippen MR) is 68.3 cm³/mol. The lowest BCUT2D eigenvalue weighted by atomic mass is 10.2. The van der Waals surface area contributed by atoms with Crippen LogP contribution in [-0.4, -0.2) is 35.0 Å². The molecule has 1 unspecified atom stereocenters. The Morgan fingerprint density at radius 3 is 2.59 bits per heavy atom. The molecule has 1 N–H and O–H groups in total. The highest BCUT2D eigenvalue weighted by Crippen LogP contribution is 2.22. The summed E-state index contributed by atoms with van der Waals surface area (Å²) >= 11 is 9.03. The molecule has 0 saturated heterocycles. The smallest absolute Gasteiger partial charge is 0.326 e. The van der Waals surface area contributed by atoms with Crippen molar-refractivity contribution < 1.29 is 14.7 Å². The van der Waals surface area contributed by atoms with Gasteiger partial charge < -0.3 is 10.0 Å². The second kappa shape index (κ2) is 5.51. The Hall–Kier alpha value is -1.07. The maximum absolute atomic E-state index is 12.0. The van der Waals surface area contributed by atoms with Crippen molar-refractivity contribution in [3.8, 4) is 0 Å². The second-order valence-corrected chi connectivity index (χ2v) is 4.85. The quantitative estimate of drug-likeness (QED) is 0.931. The molecular weight excluding hydrogens is 309 g/mol. The predicted octanol–water partition coefficient (Wildman–Crippen LogP) is 2.65. The first-order chi connectivity index (χ1) is 7.84. The molecule has 4 nitrogen and oxygen atoms in total. The van der Waals surface area contributed by atoms with Gasteiger partial charge in [0.2, 0.25) is 0 Å². The summed E-state index contributed by atoms with van der Waals surface area (Å²) in [6.45, 7) is 1.44. The van der Waals surface area contributed by atoms with Crippen LogP contribution in [0.25, 0.3) is 0 Å². The number of carbonyl (C=O) groups is 2. The number of nitrogens with zero attached hydrogens (tertiary/aromatic N) is 1. The first-order valence-electron chi connectivity index (χ1n) is 4.79. The Kier molecular flexibility index (Phi) is 4.54. The third-order valence-corrected chi connectivity index (χ3v) is 3.34. The van der Waals surface area contributed by atoms with E-state index < -0.39 is 17.9 Å². The molecule has 0 saturated carbocycles. The van der Waals surface area contributed by atoms with Crippen molar-refractivity contribution in [2.75, 3.05) is 7.05 Å². The summed E-state index contributed by atoms with van der Waals surface area (Å²) in [4.78, 5) is 24.0. The van der Waals surface area contributed by atoms with Crippen molar-refractivity contribution in [3.05, 3.63) is 33.3 Å². The number of rotatable bonds is 3. The number of hydrogen-bond donors (Lipinski definition) is 1. The van der Waals surface area contributed by atoms with Gasteiger partial charge in [-0.1, -0.05) is 11.6 Å². The van der Waals surface area contributed by atoms with E-state index in [1.807, 2.05) is 0 Å². The largest absolute Gasteiger partial charge is 0.480 e. The van der Waals surface area contributed by atoms with E-state index in [4.69, 9.17) is 16.7 Å². The summed E-state index contributed by atoms with van der Waals surface area (Å²) in [6, 6.07) is 3.89. The maximum atomic E-state index is 12.0. The molecule has 0 fully saturated rings.